The van der Waals surface area contributed by atoms with Crippen LogP contribution in [-0.4, -0.2) is 37.0 Å². The summed E-state index contributed by atoms with van der Waals surface area (Å²) in [6, 6.07) is 10.5. The molecule has 0 amide bonds. The zero-order valence-corrected chi connectivity index (χ0v) is 23.1. The Hall–Kier alpha value is -4.14. The van der Waals surface area contributed by atoms with Crippen molar-refractivity contribution in [3.8, 4) is 11.5 Å². The number of ketones is 1. The van der Waals surface area contributed by atoms with Crippen LogP contribution >= 0.6 is 0 Å². The summed E-state index contributed by atoms with van der Waals surface area (Å²) in [5, 5.41) is 15.1. The van der Waals surface area contributed by atoms with Crippen molar-refractivity contribution < 1.29 is 28.7 Å². The lowest BCUT2D eigenvalue weighted by Gasteiger charge is -2.37. The Bertz CT molecular complexity index is 1390. The van der Waals surface area contributed by atoms with Gasteiger partial charge in [0, 0.05) is 40.9 Å². The first-order chi connectivity index (χ1) is 18.6. The first-order valence-corrected chi connectivity index (χ1v) is 13.0. The van der Waals surface area contributed by atoms with Crippen LogP contribution in [0.25, 0.3) is 0 Å². The lowest BCUT2D eigenvalue weighted by atomic mass is 9.71. The van der Waals surface area contributed by atoms with Gasteiger partial charge in [0.1, 0.15) is 0 Å². The zero-order chi connectivity index (χ0) is 28.4. The molecule has 2 aromatic carbocycles. The molecule has 9 heteroatoms. The maximum atomic E-state index is 13.9. The fourth-order valence-electron chi connectivity index (χ4n) is 5.32. The van der Waals surface area contributed by atoms with E-state index in [1.54, 1.807) is 47.1 Å². The highest BCUT2D eigenvalue weighted by atomic mass is 16.6. The molecule has 0 radical (unpaired) electrons. The molecule has 1 heterocycles. The first-order valence-electron chi connectivity index (χ1n) is 13.0. The summed E-state index contributed by atoms with van der Waals surface area (Å²) in [5.74, 6) is -0.394. The van der Waals surface area contributed by atoms with Gasteiger partial charge in [-0.15, -0.1) is 0 Å². The maximum Gasteiger partial charge on any atom is 0.337 e. The molecule has 3 atom stereocenters. The lowest BCUT2D eigenvalue weighted by Crippen LogP contribution is -2.36. The van der Waals surface area contributed by atoms with Gasteiger partial charge in [-0.1, -0.05) is 25.1 Å². The zero-order valence-electron chi connectivity index (χ0n) is 23.1. The van der Waals surface area contributed by atoms with Crippen LogP contribution in [-0.2, 0) is 14.3 Å². The van der Waals surface area contributed by atoms with Crippen LogP contribution in [0.1, 0.15) is 68.6 Å². The number of dihydropyridines is 1. The van der Waals surface area contributed by atoms with Crippen LogP contribution in [0.2, 0.25) is 0 Å². The van der Waals surface area contributed by atoms with Gasteiger partial charge in [-0.05, 0) is 62.8 Å². The number of methoxy groups -OCH3 is 2. The SMILES string of the molecule is CC[C@H](C)OC(=O)C1=C(C)NC2=C(C(=O)C[C@H](c3ccc(OC)c(OC)c3)C2)[C@H]1c1ccc(C)c([N+](=O)[O-])c1. The molecule has 9 nitrogen and oxygen atoms in total. The Balaban J connectivity index is 1.82. The molecule has 0 saturated carbocycles. The van der Waals surface area contributed by atoms with Crippen molar-refractivity contribution in [3.63, 3.8) is 0 Å². The third-order valence-electron chi connectivity index (χ3n) is 7.57. The van der Waals surface area contributed by atoms with E-state index >= 15 is 0 Å². The molecule has 0 bridgehead atoms. The number of benzene rings is 2. The van der Waals surface area contributed by atoms with Crippen LogP contribution in [0.4, 0.5) is 5.69 Å². The lowest BCUT2D eigenvalue weighted by molar-refractivity contribution is -0.385. The molecule has 1 aliphatic heterocycles. The van der Waals surface area contributed by atoms with E-state index in [0.717, 1.165) is 5.56 Å². The molecular formula is C30H34N2O7. The number of allylic oxidation sites excluding steroid dienone is 3. The Morgan fingerprint density at radius 1 is 1.08 bits per heavy atom. The molecule has 2 aromatic rings. The summed E-state index contributed by atoms with van der Waals surface area (Å²) >= 11 is 0. The van der Waals surface area contributed by atoms with Crippen LogP contribution in [0.3, 0.4) is 0 Å². The van der Waals surface area contributed by atoms with Gasteiger partial charge in [0.05, 0.1) is 30.8 Å². The minimum atomic E-state index is -0.782. The molecule has 0 unspecified atom stereocenters. The predicted octanol–water partition coefficient (Wildman–Crippen LogP) is 5.62. The second kappa shape index (κ2) is 11.3. The number of aryl methyl sites for hydroxylation is 1. The van der Waals surface area contributed by atoms with E-state index in [1.807, 2.05) is 25.1 Å². The van der Waals surface area contributed by atoms with Crippen LogP contribution in [0, 0.1) is 17.0 Å². The van der Waals surface area contributed by atoms with Gasteiger partial charge in [0.15, 0.2) is 17.3 Å². The smallest absolute Gasteiger partial charge is 0.337 e. The normalized spacial score (nSPS) is 19.7. The third kappa shape index (κ3) is 5.39. The third-order valence-corrected chi connectivity index (χ3v) is 7.57. The van der Waals surface area contributed by atoms with Crippen molar-refractivity contribution in [2.45, 2.75) is 64.9 Å². The first kappa shape index (κ1) is 27.9. The summed E-state index contributed by atoms with van der Waals surface area (Å²) in [7, 11) is 3.13. The average molecular weight is 535 g/mol. The summed E-state index contributed by atoms with van der Waals surface area (Å²) in [6.07, 6.45) is 1.04. The molecule has 0 fully saturated rings. The number of carbonyl (C=O) groups is 2. The highest BCUT2D eigenvalue weighted by molar-refractivity contribution is 6.04. The van der Waals surface area contributed by atoms with E-state index in [1.165, 1.54) is 6.07 Å². The quantitative estimate of drug-likeness (QED) is 0.263. The van der Waals surface area contributed by atoms with Gasteiger partial charge in [-0.25, -0.2) is 4.79 Å². The molecule has 39 heavy (non-hydrogen) atoms. The number of carbonyl (C=O) groups excluding carboxylic acids is 2. The monoisotopic (exact) mass is 534 g/mol. The number of rotatable bonds is 8. The fourth-order valence-corrected chi connectivity index (χ4v) is 5.32. The van der Waals surface area contributed by atoms with Crippen molar-refractivity contribution in [3.05, 3.63) is 85.7 Å². The summed E-state index contributed by atoms with van der Waals surface area (Å²) in [5.41, 5.74) is 3.89. The van der Waals surface area contributed by atoms with Gasteiger partial charge < -0.3 is 19.5 Å². The molecule has 1 aliphatic carbocycles. The topological polar surface area (TPSA) is 117 Å². The van der Waals surface area contributed by atoms with E-state index in [-0.39, 0.29) is 29.9 Å². The van der Waals surface area contributed by atoms with Crippen molar-refractivity contribution >= 4 is 17.4 Å². The second-order valence-electron chi connectivity index (χ2n) is 10.1. The van der Waals surface area contributed by atoms with Crippen molar-refractivity contribution in [2.24, 2.45) is 0 Å². The molecular weight excluding hydrogens is 500 g/mol. The number of nitro benzene ring substituents is 1. The molecule has 4 rings (SSSR count). The molecule has 2 aliphatic rings. The van der Waals surface area contributed by atoms with Gasteiger partial charge in [-0.3, -0.25) is 14.9 Å². The minimum absolute atomic E-state index is 0.0630. The molecule has 1 N–H and O–H groups in total. The van der Waals surface area contributed by atoms with Gasteiger partial charge >= 0.3 is 5.97 Å². The fraction of sp³-hybridized carbons (Fsp3) is 0.400. The highest BCUT2D eigenvalue weighted by Gasteiger charge is 2.42. The molecule has 0 spiro atoms. The van der Waals surface area contributed by atoms with Crippen LogP contribution < -0.4 is 14.8 Å². The van der Waals surface area contributed by atoms with Crippen molar-refractivity contribution in [1.82, 2.24) is 5.32 Å². The Labute approximate surface area is 228 Å². The summed E-state index contributed by atoms with van der Waals surface area (Å²) < 4.78 is 16.5. The van der Waals surface area contributed by atoms with Gasteiger partial charge in [0.2, 0.25) is 0 Å². The van der Waals surface area contributed by atoms with Crippen LogP contribution in [0.5, 0.6) is 11.5 Å². The van der Waals surface area contributed by atoms with E-state index in [0.29, 0.717) is 58.0 Å². The minimum Gasteiger partial charge on any atom is -0.493 e. The molecule has 0 saturated heterocycles. The Morgan fingerprint density at radius 2 is 1.77 bits per heavy atom. The molecule has 0 aromatic heterocycles. The van der Waals surface area contributed by atoms with Crippen molar-refractivity contribution in [1.29, 1.82) is 0 Å². The Kier molecular flexibility index (Phi) is 8.09. The predicted molar refractivity (Wildman–Crippen MR) is 146 cm³/mol. The van der Waals surface area contributed by atoms with Crippen LogP contribution in [0.15, 0.2) is 58.9 Å². The largest absolute Gasteiger partial charge is 0.493 e. The Morgan fingerprint density at radius 3 is 2.41 bits per heavy atom. The summed E-state index contributed by atoms with van der Waals surface area (Å²) in [4.78, 5) is 38.6. The van der Waals surface area contributed by atoms with E-state index in [4.69, 9.17) is 14.2 Å². The number of esters is 1. The summed E-state index contributed by atoms with van der Waals surface area (Å²) in [6.45, 7) is 7.16. The number of nitrogens with one attached hydrogen (secondary N) is 1. The molecule has 206 valence electrons. The van der Waals surface area contributed by atoms with E-state index in [2.05, 4.69) is 5.32 Å². The number of Topliss-reactive ketones (excluding diaryl/α,β-unsaturated/α-hetero) is 1. The van der Waals surface area contributed by atoms with E-state index < -0.39 is 16.8 Å². The maximum absolute atomic E-state index is 13.9. The van der Waals surface area contributed by atoms with Gasteiger partial charge in [-0.2, -0.15) is 0 Å². The standard InChI is InChI=1S/C30H34N2O7/c1-7-17(3)39-30(34)27-18(4)31-22-12-21(19-10-11-25(37-5)26(15-19)38-6)14-24(33)29(22)28(27)20-9-8-16(2)23(13-20)32(35)36/h8-11,13,15,17,21,28,31H,7,12,14H2,1-6H3/t17-,21+,28-/m0/s1. The number of hydrogen-bond donors (Lipinski definition) is 1. The van der Waals surface area contributed by atoms with Crippen molar-refractivity contribution in [2.75, 3.05) is 14.2 Å². The number of nitro groups is 1. The van der Waals surface area contributed by atoms with E-state index in [9.17, 15) is 19.7 Å². The average Bonchev–Trinajstić information content (AvgIpc) is 2.91. The second-order valence-corrected chi connectivity index (χ2v) is 10.1. The number of hydrogen-bond acceptors (Lipinski definition) is 8. The number of ether oxygens (including phenoxy) is 3. The number of nitrogens with zero attached hydrogens (tertiary/aromatic N) is 1. The van der Waals surface area contributed by atoms with Gasteiger partial charge in [0.25, 0.3) is 5.69 Å². The highest BCUT2D eigenvalue weighted by Crippen LogP contribution is 2.47.